The van der Waals surface area contributed by atoms with Crippen molar-refractivity contribution in [3.8, 4) is 0 Å². The molecule has 0 saturated carbocycles. The number of fused-ring (bicyclic) bond motifs is 3. The molecule has 4 rings (SSSR count). The van der Waals surface area contributed by atoms with Gasteiger partial charge in [0.2, 0.25) is 0 Å². The lowest BCUT2D eigenvalue weighted by atomic mass is 9.92. The van der Waals surface area contributed by atoms with Gasteiger partial charge < -0.3 is 9.67 Å². The van der Waals surface area contributed by atoms with Crippen molar-refractivity contribution in [3.05, 3.63) is 63.0 Å². The summed E-state index contributed by atoms with van der Waals surface area (Å²) in [5, 5.41) is 9.80. The van der Waals surface area contributed by atoms with Crippen LogP contribution in [-0.4, -0.2) is 36.1 Å². The summed E-state index contributed by atoms with van der Waals surface area (Å²) in [4.78, 5) is 24.7. The molecule has 1 unspecified atom stereocenters. The van der Waals surface area contributed by atoms with E-state index in [0.717, 1.165) is 18.4 Å². The van der Waals surface area contributed by atoms with Crippen LogP contribution in [0.3, 0.4) is 0 Å². The first-order chi connectivity index (χ1) is 14.5. The molecule has 31 heavy (non-hydrogen) atoms. The Morgan fingerprint density at radius 3 is 2.55 bits per heavy atom. The normalized spacial score (nSPS) is 15.9. The molecule has 1 atom stereocenters. The van der Waals surface area contributed by atoms with Gasteiger partial charge in [-0.25, -0.2) is 12.8 Å². The van der Waals surface area contributed by atoms with Gasteiger partial charge in [-0.05, 0) is 36.8 Å². The number of hydrogen-bond donors (Lipinski definition) is 1. The van der Waals surface area contributed by atoms with Crippen LogP contribution in [0, 0.1) is 5.82 Å². The number of carboxylic acid groups (broad SMARTS) is 1. The van der Waals surface area contributed by atoms with Crippen LogP contribution in [0.4, 0.5) is 4.39 Å². The van der Waals surface area contributed by atoms with Crippen molar-refractivity contribution in [2.75, 3.05) is 6.26 Å². The standard InChI is InChI=1S/C21H16Cl2FNO5S/c1-31(29,30)16-9-12(24)8-15-18(16)19(20-10(6-17(26)27)4-5-25(15)20)21(28)13-3-2-11(22)7-14(13)23/h2-3,7-10H,4-6H2,1H3,(H,26,27). The molecule has 0 fully saturated rings. The third-order valence-electron chi connectivity index (χ3n) is 5.45. The van der Waals surface area contributed by atoms with E-state index in [9.17, 15) is 27.5 Å². The Bertz CT molecular complexity index is 1380. The zero-order valence-electron chi connectivity index (χ0n) is 16.2. The van der Waals surface area contributed by atoms with Gasteiger partial charge in [0, 0.05) is 40.4 Å². The number of carboxylic acids is 1. The number of aromatic nitrogens is 1. The molecule has 1 aromatic heterocycles. The van der Waals surface area contributed by atoms with Crippen LogP contribution in [0.1, 0.15) is 40.4 Å². The zero-order valence-corrected chi connectivity index (χ0v) is 18.5. The van der Waals surface area contributed by atoms with Crippen LogP contribution in [-0.2, 0) is 21.2 Å². The van der Waals surface area contributed by atoms with E-state index in [0.29, 0.717) is 23.7 Å². The van der Waals surface area contributed by atoms with Crippen molar-refractivity contribution in [2.24, 2.45) is 0 Å². The number of carbonyl (C=O) groups is 2. The SMILES string of the molecule is CS(=O)(=O)c1cc(F)cc2c1c(C(=O)c1ccc(Cl)cc1Cl)c1n2CCC1CC(=O)O. The van der Waals surface area contributed by atoms with E-state index in [4.69, 9.17) is 23.2 Å². The Labute approximate surface area is 187 Å². The summed E-state index contributed by atoms with van der Waals surface area (Å²) in [6.07, 6.45) is 1.11. The van der Waals surface area contributed by atoms with Crippen molar-refractivity contribution < 1.29 is 27.5 Å². The average Bonchev–Trinajstić information content (AvgIpc) is 3.18. The van der Waals surface area contributed by atoms with E-state index in [1.54, 1.807) is 4.57 Å². The Morgan fingerprint density at radius 2 is 1.94 bits per heavy atom. The number of aryl methyl sites for hydroxylation is 1. The maximum Gasteiger partial charge on any atom is 0.304 e. The Kier molecular flexibility index (Phi) is 5.36. The van der Waals surface area contributed by atoms with Gasteiger partial charge in [-0.1, -0.05) is 23.2 Å². The van der Waals surface area contributed by atoms with Crippen molar-refractivity contribution in [2.45, 2.75) is 30.2 Å². The highest BCUT2D eigenvalue weighted by Crippen LogP contribution is 2.44. The Hall–Kier alpha value is -2.42. The van der Waals surface area contributed by atoms with Crippen molar-refractivity contribution in [3.63, 3.8) is 0 Å². The van der Waals surface area contributed by atoms with Crippen LogP contribution in [0.15, 0.2) is 35.2 Å². The molecule has 1 N–H and O–H groups in total. The molecule has 0 radical (unpaired) electrons. The van der Waals surface area contributed by atoms with Gasteiger partial charge in [-0.3, -0.25) is 9.59 Å². The zero-order chi connectivity index (χ0) is 22.7. The van der Waals surface area contributed by atoms with E-state index >= 15 is 0 Å². The van der Waals surface area contributed by atoms with Crippen molar-refractivity contribution in [1.29, 1.82) is 0 Å². The summed E-state index contributed by atoms with van der Waals surface area (Å²) in [6, 6.07) is 6.33. The number of rotatable bonds is 5. The summed E-state index contributed by atoms with van der Waals surface area (Å²) in [5.74, 6) is -2.93. The number of aliphatic carboxylic acids is 1. The van der Waals surface area contributed by atoms with Crippen LogP contribution in [0.5, 0.6) is 0 Å². The Balaban J connectivity index is 2.11. The van der Waals surface area contributed by atoms with Crippen LogP contribution in [0.25, 0.3) is 10.9 Å². The molecule has 0 bridgehead atoms. The highest BCUT2D eigenvalue weighted by molar-refractivity contribution is 7.91. The summed E-state index contributed by atoms with van der Waals surface area (Å²) in [5.41, 5.74) is 0.732. The fourth-order valence-electron chi connectivity index (χ4n) is 4.25. The van der Waals surface area contributed by atoms with E-state index < -0.39 is 33.3 Å². The van der Waals surface area contributed by atoms with Gasteiger partial charge in [0.1, 0.15) is 5.82 Å². The molecule has 1 aliphatic heterocycles. The minimum Gasteiger partial charge on any atom is -0.481 e. The van der Waals surface area contributed by atoms with Gasteiger partial charge in [0.15, 0.2) is 15.6 Å². The summed E-state index contributed by atoms with van der Waals surface area (Å²) >= 11 is 12.2. The second-order valence-corrected chi connectivity index (χ2v) is 10.3. The monoisotopic (exact) mass is 483 g/mol. The predicted octanol–water partition coefficient (Wildman–Crippen LogP) is 4.68. The molecule has 2 heterocycles. The molecule has 2 aromatic carbocycles. The average molecular weight is 484 g/mol. The summed E-state index contributed by atoms with van der Waals surface area (Å²) in [6.45, 7) is 0.331. The van der Waals surface area contributed by atoms with Gasteiger partial charge in [0.25, 0.3) is 0 Å². The second kappa shape index (κ2) is 7.62. The fraction of sp³-hybridized carbons (Fsp3) is 0.238. The number of halogens is 3. The number of sulfone groups is 1. The fourth-order valence-corrected chi connectivity index (χ4v) is 5.65. The number of carbonyl (C=O) groups excluding carboxylic acids is 1. The van der Waals surface area contributed by atoms with E-state index in [-0.39, 0.29) is 38.4 Å². The molecular weight excluding hydrogens is 468 g/mol. The lowest BCUT2D eigenvalue weighted by molar-refractivity contribution is -0.137. The minimum atomic E-state index is -3.91. The van der Waals surface area contributed by atoms with Gasteiger partial charge in [0.05, 0.1) is 27.4 Å². The van der Waals surface area contributed by atoms with Crippen molar-refractivity contribution >= 4 is 55.7 Å². The number of nitrogens with zero attached hydrogens (tertiary/aromatic N) is 1. The van der Waals surface area contributed by atoms with Gasteiger partial charge >= 0.3 is 5.97 Å². The molecule has 0 amide bonds. The molecule has 0 saturated heterocycles. The minimum absolute atomic E-state index is 0.0309. The first kappa shape index (κ1) is 21.8. The topological polar surface area (TPSA) is 93.4 Å². The van der Waals surface area contributed by atoms with Crippen LogP contribution >= 0.6 is 23.2 Å². The molecule has 0 spiro atoms. The number of benzene rings is 2. The van der Waals surface area contributed by atoms with Crippen LogP contribution < -0.4 is 0 Å². The molecule has 6 nitrogen and oxygen atoms in total. The Morgan fingerprint density at radius 1 is 1.23 bits per heavy atom. The first-order valence-electron chi connectivity index (χ1n) is 9.26. The molecular formula is C21H16Cl2FNO5S. The summed E-state index contributed by atoms with van der Waals surface area (Å²) in [7, 11) is -3.91. The highest BCUT2D eigenvalue weighted by Gasteiger charge is 2.36. The first-order valence-corrected chi connectivity index (χ1v) is 11.9. The predicted molar refractivity (Wildman–Crippen MR) is 115 cm³/mol. The molecule has 0 aliphatic carbocycles. The molecule has 3 aromatic rings. The van der Waals surface area contributed by atoms with E-state index in [2.05, 4.69) is 0 Å². The lowest BCUT2D eigenvalue weighted by Crippen LogP contribution is -2.11. The molecule has 162 valence electrons. The summed E-state index contributed by atoms with van der Waals surface area (Å²) < 4.78 is 41.0. The van der Waals surface area contributed by atoms with E-state index in [1.807, 2.05) is 0 Å². The number of hydrogen-bond acceptors (Lipinski definition) is 4. The van der Waals surface area contributed by atoms with E-state index in [1.165, 1.54) is 18.2 Å². The van der Waals surface area contributed by atoms with Gasteiger partial charge in [-0.15, -0.1) is 0 Å². The third-order valence-corrected chi connectivity index (χ3v) is 7.11. The smallest absolute Gasteiger partial charge is 0.304 e. The van der Waals surface area contributed by atoms with Crippen LogP contribution in [0.2, 0.25) is 10.0 Å². The molecule has 1 aliphatic rings. The highest BCUT2D eigenvalue weighted by atomic mass is 35.5. The quantitative estimate of drug-likeness (QED) is 0.531. The maximum absolute atomic E-state index is 14.4. The second-order valence-electron chi connectivity index (χ2n) is 7.52. The maximum atomic E-state index is 14.4. The number of ketones is 1. The van der Waals surface area contributed by atoms with Gasteiger partial charge in [-0.2, -0.15) is 0 Å². The van der Waals surface area contributed by atoms with Crippen molar-refractivity contribution in [1.82, 2.24) is 4.57 Å². The molecule has 10 heteroatoms. The largest absolute Gasteiger partial charge is 0.481 e. The lowest BCUT2D eigenvalue weighted by Gasteiger charge is -2.12. The third kappa shape index (κ3) is 3.73.